The summed E-state index contributed by atoms with van der Waals surface area (Å²) in [5.74, 6) is 1.05. The van der Waals surface area contributed by atoms with E-state index in [-0.39, 0.29) is 0 Å². The summed E-state index contributed by atoms with van der Waals surface area (Å²) < 4.78 is 21.5. The van der Waals surface area contributed by atoms with Crippen LogP contribution in [-0.2, 0) is 16.0 Å². The van der Waals surface area contributed by atoms with E-state index in [4.69, 9.17) is 18.9 Å². The van der Waals surface area contributed by atoms with Crippen molar-refractivity contribution in [2.45, 2.75) is 12.7 Å². The number of para-hydroxylation sites is 2. The third-order valence-electron chi connectivity index (χ3n) is 3.49. The summed E-state index contributed by atoms with van der Waals surface area (Å²) in [4.78, 5) is 11.9. The number of fused-ring (bicyclic) bond motifs is 2. The third-order valence-corrected chi connectivity index (χ3v) is 3.49. The van der Waals surface area contributed by atoms with E-state index < -0.39 is 12.3 Å². The van der Waals surface area contributed by atoms with Gasteiger partial charge in [0.15, 0.2) is 11.5 Å². The molecule has 22 heavy (non-hydrogen) atoms. The normalized spacial score (nSPS) is 16.0. The molecule has 0 amide bonds. The van der Waals surface area contributed by atoms with Gasteiger partial charge in [0.2, 0.25) is 0 Å². The fourth-order valence-electron chi connectivity index (χ4n) is 2.40. The maximum atomic E-state index is 11.9. The zero-order chi connectivity index (χ0) is 15.5. The molecule has 0 fully saturated rings. The van der Waals surface area contributed by atoms with Gasteiger partial charge in [0.25, 0.3) is 0 Å². The second-order valence-electron chi connectivity index (χ2n) is 4.82. The number of carbonyl (C=O) groups excluding carboxylic acids is 1. The van der Waals surface area contributed by atoms with E-state index in [1.807, 2.05) is 30.3 Å². The summed E-state index contributed by atoms with van der Waals surface area (Å²) >= 11 is 0. The smallest absolute Gasteiger partial charge is 0.389 e. The van der Waals surface area contributed by atoms with E-state index in [9.17, 15) is 4.79 Å². The molecule has 0 saturated carbocycles. The number of hydrogen-bond donors (Lipinski definition) is 0. The van der Waals surface area contributed by atoms with Crippen LogP contribution in [0.15, 0.2) is 42.5 Å². The predicted octanol–water partition coefficient (Wildman–Crippen LogP) is 2.56. The Kier molecular flexibility index (Phi) is 3.87. The summed E-state index contributed by atoms with van der Waals surface area (Å²) in [6.07, 6.45) is -0.558. The monoisotopic (exact) mass is 300 g/mol. The SMILES string of the molecule is COC(=O)C1Oc2ccccc2Cc2cccc(OC)c2O1. The van der Waals surface area contributed by atoms with Gasteiger partial charge in [0.1, 0.15) is 5.75 Å². The molecule has 0 saturated heterocycles. The molecule has 114 valence electrons. The largest absolute Gasteiger partial charge is 0.493 e. The van der Waals surface area contributed by atoms with E-state index in [1.165, 1.54) is 7.11 Å². The summed E-state index contributed by atoms with van der Waals surface area (Å²) in [6, 6.07) is 13.1. The number of benzene rings is 2. The zero-order valence-corrected chi connectivity index (χ0v) is 12.4. The fraction of sp³-hybridized carbons (Fsp3) is 0.235. The van der Waals surface area contributed by atoms with Crippen molar-refractivity contribution in [2.75, 3.05) is 14.2 Å². The lowest BCUT2D eigenvalue weighted by Gasteiger charge is -2.25. The van der Waals surface area contributed by atoms with Crippen molar-refractivity contribution in [3.05, 3.63) is 53.6 Å². The lowest BCUT2D eigenvalue weighted by molar-refractivity contribution is -0.162. The highest BCUT2D eigenvalue weighted by atomic mass is 16.7. The van der Waals surface area contributed by atoms with Gasteiger partial charge < -0.3 is 18.9 Å². The Morgan fingerprint density at radius 1 is 1.05 bits per heavy atom. The van der Waals surface area contributed by atoms with E-state index in [0.717, 1.165) is 11.1 Å². The maximum Gasteiger partial charge on any atom is 0.389 e. The highest BCUT2D eigenvalue weighted by Crippen LogP contribution is 2.37. The van der Waals surface area contributed by atoms with Crippen molar-refractivity contribution in [3.63, 3.8) is 0 Å². The molecule has 0 aromatic heterocycles. The van der Waals surface area contributed by atoms with Gasteiger partial charge in [-0.15, -0.1) is 0 Å². The van der Waals surface area contributed by atoms with Crippen molar-refractivity contribution in [1.29, 1.82) is 0 Å². The molecule has 5 heteroatoms. The van der Waals surface area contributed by atoms with Crippen molar-refractivity contribution < 1.29 is 23.7 Å². The Morgan fingerprint density at radius 3 is 2.59 bits per heavy atom. The average Bonchev–Trinajstić information content (AvgIpc) is 2.54. The number of hydrogen-bond acceptors (Lipinski definition) is 5. The van der Waals surface area contributed by atoms with E-state index >= 15 is 0 Å². The standard InChI is InChI=1S/C17H16O5/c1-19-14-9-5-7-12-10-11-6-3-4-8-13(11)21-17(16(18)20-2)22-15(12)14/h3-9,17H,10H2,1-2H3. The first-order valence-electron chi connectivity index (χ1n) is 6.88. The molecule has 1 atom stereocenters. The van der Waals surface area contributed by atoms with Gasteiger partial charge in [-0.05, 0) is 17.7 Å². The molecular weight excluding hydrogens is 284 g/mol. The van der Waals surface area contributed by atoms with Crippen molar-refractivity contribution in [2.24, 2.45) is 0 Å². The molecule has 2 aromatic rings. The van der Waals surface area contributed by atoms with Crippen LogP contribution in [0.2, 0.25) is 0 Å². The van der Waals surface area contributed by atoms with Gasteiger partial charge >= 0.3 is 12.3 Å². The summed E-state index contributed by atoms with van der Waals surface area (Å²) in [7, 11) is 2.85. The van der Waals surface area contributed by atoms with E-state index in [1.54, 1.807) is 19.2 Å². The molecule has 0 radical (unpaired) electrons. The van der Waals surface area contributed by atoms with Gasteiger partial charge in [-0.25, -0.2) is 4.79 Å². The number of rotatable bonds is 2. The van der Waals surface area contributed by atoms with Crippen molar-refractivity contribution >= 4 is 5.97 Å². The van der Waals surface area contributed by atoms with Crippen LogP contribution in [-0.4, -0.2) is 26.5 Å². The van der Waals surface area contributed by atoms with Gasteiger partial charge in [-0.1, -0.05) is 30.3 Å². The Hall–Kier alpha value is -2.69. The van der Waals surface area contributed by atoms with Gasteiger partial charge in [0, 0.05) is 12.0 Å². The Bertz CT molecular complexity index is 695. The van der Waals surface area contributed by atoms with Crippen LogP contribution >= 0.6 is 0 Å². The lowest BCUT2D eigenvalue weighted by atomic mass is 10.0. The molecular formula is C17H16O5. The second-order valence-corrected chi connectivity index (χ2v) is 4.82. The number of methoxy groups -OCH3 is 2. The minimum atomic E-state index is -1.18. The van der Waals surface area contributed by atoms with Crippen LogP contribution in [0.5, 0.6) is 17.2 Å². The van der Waals surface area contributed by atoms with Gasteiger partial charge in [-0.2, -0.15) is 0 Å². The molecule has 0 N–H and O–H groups in total. The van der Waals surface area contributed by atoms with Crippen LogP contribution in [0.25, 0.3) is 0 Å². The highest BCUT2D eigenvalue weighted by molar-refractivity contribution is 5.74. The highest BCUT2D eigenvalue weighted by Gasteiger charge is 2.29. The van der Waals surface area contributed by atoms with Crippen LogP contribution in [0, 0.1) is 0 Å². The Morgan fingerprint density at radius 2 is 1.82 bits per heavy atom. The summed E-state index contributed by atoms with van der Waals surface area (Å²) in [6.45, 7) is 0. The number of ether oxygens (including phenoxy) is 4. The quantitative estimate of drug-likeness (QED) is 0.798. The molecule has 1 aliphatic heterocycles. The maximum absolute atomic E-state index is 11.9. The first-order valence-corrected chi connectivity index (χ1v) is 6.88. The van der Waals surface area contributed by atoms with Gasteiger partial charge in [-0.3, -0.25) is 0 Å². The summed E-state index contributed by atoms with van der Waals surface area (Å²) in [5, 5.41) is 0. The fourth-order valence-corrected chi connectivity index (χ4v) is 2.40. The van der Waals surface area contributed by atoms with Gasteiger partial charge in [0.05, 0.1) is 14.2 Å². The molecule has 0 bridgehead atoms. The first-order chi connectivity index (χ1) is 10.7. The Balaban J connectivity index is 2.12. The van der Waals surface area contributed by atoms with Crippen molar-refractivity contribution in [3.8, 4) is 17.2 Å². The second kappa shape index (κ2) is 5.97. The molecule has 2 aromatic carbocycles. The molecule has 1 unspecified atom stereocenters. The molecule has 1 aliphatic rings. The van der Waals surface area contributed by atoms with Crippen LogP contribution in [0.3, 0.4) is 0 Å². The minimum absolute atomic E-state index is 0.495. The molecule has 0 spiro atoms. The van der Waals surface area contributed by atoms with Crippen molar-refractivity contribution in [1.82, 2.24) is 0 Å². The molecule has 3 rings (SSSR count). The minimum Gasteiger partial charge on any atom is -0.493 e. The third kappa shape index (κ3) is 2.57. The number of carbonyl (C=O) groups is 1. The predicted molar refractivity (Wildman–Crippen MR) is 79.3 cm³/mol. The van der Waals surface area contributed by atoms with Crippen LogP contribution < -0.4 is 14.2 Å². The lowest BCUT2D eigenvalue weighted by Crippen LogP contribution is -2.35. The van der Waals surface area contributed by atoms with Crippen LogP contribution in [0.1, 0.15) is 11.1 Å². The summed E-state index contributed by atoms with van der Waals surface area (Å²) in [5.41, 5.74) is 1.89. The first kappa shape index (κ1) is 14.3. The average molecular weight is 300 g/mol. The molecule has 1 heterocycles. The topological polar surface area (TPSA) is 54.0 Å². The van der Waals surface area contributed by atoms with Crippen LogP contribution in [0.4, 0.5) is 0 Å². The van der Waals surface area contributed by atoms with E-state index in [0.29, 0.717) is 23.7 Å². The zero-order valence-electron chi connectivity index (χ0n) is 12.4. The Labute approximate surface area is 128 Å². The van der Waals surface area contributed by atoms with E-state index in [2.05, 4.69) is 0 Å². The molecule has 0 aliphatic carbocycles. The number of esters is 1. The molecule has 5 nitrogen and oxygen atoms in total.